The fourth-order valence-electron chi connectivity index (χ4n) is 1.23. The van der Waals surface area contributed by atoms with Crippen LogP contribution in [0.25, 0.3) is 10.9 Å². The molecule has 0 aliphatic carbocycles. The number of benzene rings is 1. The van der Waals surface area contributed by atoms with Crippen LogP contribution in [0.15, 0.2) is 22.8 Å². The molecule has 3 nitrogen and oxygen atoms in total. The van der Waals surface area contributed by atoms with E-state index < -0.39 is 0 Å². The third-order valence-electron chi connectivity index (χ3n) is 1.83. The van der Waals surface area contributed by atoms with Crippen molar-refractivity contribution in [2.24, 2.45) is 7.05 Å². The molecule has 0 aliphatic heterocycles. The van der Waals surface area contributed by atoms with Gasteiger partial charge in [0.05, 0.1) is 5.52 Å². The highest BCUT2D eigenvalue weighted by atomic mass is 79.9. The van der Waals surface area contributed by atoms with Gasteiger partial charge in [-0.05, 0) is 34.1 Å². The van der Waals surface area contributed by atoms with Crippen molar-refractivity contribution in [2.45, 2.75) is 0 Å². The Morgan fingerprint density at radius 2 is 2.25 bits per heavy atom. The lowest BCUT2D eigenvalue weighted by Crippen LogP contribution is -1.90. The monoisotopic (exact) mass is 225 g/mol. The molecule has 1 aromatic heterocycles. The number of rotatable bonds is 0. The Labute approximate surface area is 78.3 Å². The van der Waals surface area contributed by atoms with E-state index >= 15 is 0 Å². The lowest BCUT2D eigenvalue weighted by Gasteiger charge is -1.94. The van der Waals surface area contributed by atoms with Gasteiger partial charge < -0.3 is 5.73 Å². The van der Waals surface area contributed by atoms with Gasteiger partial charge in [0, 0.05) is 18.1 Å². The highest BCUT2D eigenvalue weighted by molar-refractivity contribution is 9.10. The maximum atomic E-state index is 5.65. The van der Waals surface area contributed by atoms with Crippen molar-refractivity contribution >= 4 is 32.5 Å². The van der Waals surface area contributed by atoms with E-state index in [0.717, 1.165) is 21.2 Å². The summed E-state index contributed by atoms with van der Waals surface area (Å²) in [5, 5.41) is 5.30. The molecule has 0 aliphatic rings. The first-order valence-electron chi connectivity index (χ1n) is 3.56. The number of nitrogens with zero attached hydrogens (tertiary/aromatic N) is 2. The summed E-state index contributed by atoms with van der Waals surface area (Å²) < 4.78 is 2.66. The Hall–Kier alpha value is -1.03. The van der Waals surface area contributed by atoms with Gasteiger partial charge in [-0.25, -0.2) is 0 Å². The molecule has 1 aromatic carbocycles. The molecule has 1 heterocycles. The minimum Gasteiger partial charge on any atom is -0.399 e. The summed E-state index contributed by atoms with van der Waals surface area (Å²) in [6.07, 6.45) is 0. The van der Waals surface area contributed by atoms with E-state index in [0.29, 0.717) is 0 Å². The first-order valence-corrected chi connectivity index (χ1v) is 4.35. The number of aryl methyl sites for hydroxylation is 1. The van der Waals surface area contributed by atoms with E-state index in [-0.39, 0.29) is 0 Å². The van der Waals surface area contributed by atoms with Gasteiger partial charge >= 0.3 is 0 Å². The molecule has 0 amide bonds. The fraction of sp³-hybridized carbons (Fsp3) is 0.125. The summed E-state index contributed by atoms with van der Waals surface area (Å²) in [6.45, 7) is 0. The smallest absolute Gasteiger partial charge is 0.135 e. The Balaban J connectivity index is 2.90. The lowest BCUT2D eigenvalue weighted by molar-refractivity contribution is 0.788. The number of nitrogen functional groups attached to an aromatic ring is 1. The second-order valence-corrected chi connectivity index (χ2v) is 3.44. The van der Waals surface area contributed by atoms with Crippen LogP contribution in [0.1, 0.15) is 0 Å². The van der Waals surface area contributed by atoms with E-state index in [4.69, 9.17) is 5.73 Å². The van der Waals surface area contributed by atoms with Crippen molar-refractivity contribution in [1.29, 1.82) is 0 Å². The molecule has 2 N–H and O–H groups in total. The second-order valence-electron chi connectivity index (χ2n) is 2.69. The average Bonchev–Trinajstić information content (AvgIpc) is 2.28. The third kappa shape index (κ3) is 0.992. The third-order valence-corrected chi connectivity index (χ3v) is 2.42. The maximum absolute atomic E-state index is 5.65. The number of hydrogen-bond acceptors (Lipinski definition) is 2. The summed E-state index contributed by atoms with van der Waals surface area (Å²) in [5.41, 5.74) is 7.45. The Kier molecular flexibility index (Phi) is 1.58. The average molecular weight is 226 g/mol. The lowest BCUT2D eigenvalue weighted by atomic mass is 10.2. The van der Waals surface area contributed by atoms with Gasteiger partial charge in [0.2, 0.25) is 0 Å². The first-order chi connectivity index (χ1) is 5.68. The molecule has 0 saturated carbocycles. The van der Waals surface area contributed by atoms with E-state index in [2.05, 4.69) is 21.0 Å². The highest BCUT2D eigenvalue weighted by Crippen LogP contribution is 2.23. The van der Waals surface area contributed by atoms with E-state index in [1.165, 1.54) is 0 Å². The SMILES string of the molecule is Cn1nc(Br)c2ccc(N)cc21. The molecule has 0 fully saturated rings. The Morgan fingerprint density at radius 3 is 3.00 bits per heavy atom. The van der Waals surface area contributed by atoms with Crippen LogP contribution in [0.5, 0.6) is 0 Å². The fourth-order valence-corrected chi connectivity index (χ4v) is 1.80. The first kappa shape index (κ1) is 7.61. The summed E-state index contributed by atoms with van der Waals surface area (Å²) in [6, 6.07) is 5.74. The van der Waals surface area contributed by atoms with Crippen molar-refractivity contribution in [3.8, 4) is 0 Å². The molecule has 0 spiro atoms. The molecular formula is C8H8BrN3. The molecule has 4 heteroatoms. The standard InChI is InChI=1S/C8H8BrN3/c1-12-7-4-5(10)2-3-6(7)8(9)11-12/h2-4H,10H2,1H3. The van der Waals surface area contributed by atoms with Crippen molar-refractivity contribution < 1.29 is 0 Å². The number of hydrogen-bond donors (Lipinski definition) is 1. The molecular weight excluding hydrogens is 218 g/mol. The summed E-state index contributed by atoms with van der Waals surface area (Å²) in [7, 11) is 1.90. The van der Waals surface area contributed by atoms with Gasteiger partial charge in [0.1, 0.15) is 4.60 Å². The number of nitrogens with two attached hydrogens (primary N) is 1. The van der Waals surface area contributed by atoms with Gasteiger partial charge in [-0.15, -0.1) is 0 Å². The van der Waals surface area contributed by atoms with Crippen molar-refractivity contribution in [1.82, 2.24) is 9.78 Å². The van der Waals surface area contributed by atoms with Crippen LogP contribution in [0.2, 0.25) is 0 Å². The van der Waals surface area contributed by atoms with E-state index in [1.807, 2.05) is 25.2 Å². The molecule has 0 atom stereocenters. The van der Waals surface area contributed by atoms with Crippen LogP contribution >= 0.6 is 15.9 Å². The topological polar surface area (TPSA) is 43.8 Å². The van der Waals surface area contributed by atoms with Crippen molar-refractivity contribution in [2.75, 3.05) is 5.73 Å². The largest absolute Gasteiger partial charge is 0.399 e. The second kappa shape index (κ2) is 2.48. The van der Waals surface area contributed by atoms with Crippen LogP contribution < -0.4 is 5.73 Å². The number of halogens is 1. The zero-order valence-corrected chi connectivity index (χ0v) is 8.17. The highest BCUT2D eigenvalue weighted by Gasteiger charge is 2.04. The van der Waals surface area contributed by atoms with E-state index in [9.17, 15) is 0 Å². The molecule has 2 rings (SSSR count). The van der Waals surface area contributed by atoms with Crippen LogP contribution in [0.3, 0.4) is 0 Å². The molecule has 0 saturated heterocycles. The predicted molar refractivity (Wildman–Crippen MR) is 52.8 cm³/mol. The van der Waals surface area contributed by atoms with Crippen molar-refractivity contribution in [3.63, 3.8) is 0 Å². The molecule has 0 bridgehead atoms. The van der Waals surface area contributed by atoms with Gasteiger partial charge in [-0.3, -0.25) is 4.68 Å². The summed E-state index contributed by atoms with van der Waals surface area (Å²) >= 11 is 3.37. The van der Waals surface area contributed by atoms with Crippen molar-refractivity contribution in [3.05, 3.63) is 22.8 Å². The van der Waals surface area contributed by atoms with Crippen LogP contribution in [-0.2, 0) is 7.05 Å². The van der Waals surface area contributed by atoms with Gasteiger partial charge in [0.15, 0.2) is 0 Å². The summed E-state index contributed by atoms with van der Waals surface area (Å²) in [5.74, 6) is 0. The minimum atomic E-state index is 0.762. The zero-order chi connectivity index (χ0) is 8.72. The molecule has 0 radical (unpaired) electrons. The van der Waals surface area contributed by atoms with E-state index in [1.54, 1.807) is 4.68 Å². The maximum Gasteiger partial charge on any atom is 0.135 e. The quantitative estimate of drug-likeness (QED) is 0.697. The normalized spacial score (nSPS) is 10.8. The van der Waals surface area contributed by atoms with Crippen LogP contribution in [0, 0.1) is 0 Å². The Bertz CT molecular complexity index is 433. The molecule has 12 heavy (non-hydrogen) atoms. The van der Waals surface area contributed by atoms with Crippen LogP contribution in [0.4, 0.5) is 5.69 Å². The predicted octanol–water partition coefficient (Wildman–Crippen LogP) is 1.92. The number of anilines is 1. The number of aromatic nitrogens is 2. The van der Waals surface area contributed by atoms with Gasteiger partial charge in [-0.1, -0.05) is 0 Å². The Morgan fingerprint density at radius 1 is 1.50 bits per heavy atom. The molecule has 2 aromatic rings. The minimum absolute atomic E-state index is 0.762. The zero-order valence-electron chi connectivity index (χ0n) is 6.58. The number of fused-ring (bicyclic) bond motifs is 1. The molecule has 0 unspecified atom stereocenters. The van der Waals surface area contributed by atoms with Crippen LogP contribution in [-0.4, -0.2) is 9.78 Å². The summed E-state index contributed by atoms with van der Waals surface area (Å²) in [4.78, 5) is 0. The van der Waals surface area contributed by atoms with Gasteiger partial charge in [0.25, 0.3) is 0 Å². The van der Waals surface area contributed by atoms with Gasteiger partial charge in [-0.2, -0.15) is 5.10 Å². The molecule has 62 valence electrons.